The van der Waals surface area contributed by atoms with Gasteiger partial charge in [0.25, 0.3) is 5.91 Å². The summed E-state index contributed by atoms with van der Waals surface area (Å²) in [4.78, 5) is 25.7. The third-order valence-electron chi connectivity index (χ3n) is 4.54. The minimum atomic E-state index is 0.0617. The van der Waals surface area contributed by atoms with Crippen molar-refractivity contribution in [1.82, 2.24) is 14.9 Å². The molecule has 0 N–H and O–H groups in total. The molecule has 0 radical (unpaired) electrons. The predicted molar refractivity (Wildman–Crippen MR) is 91.9 cm³/mol. The zero-order valence-electron chi connectivity index (χ0n) is 13.1. The van der Waals surface area contributed by atoms with Gasteiger partial charge in [-0.15, -0.1) is 11.3 Å². The van der Waals surface area contributed by atoms with Crippen molar-refractivity contribution in [2.45, 2.75) is 25.7 Å². The summed E-state index contributed by atoms with van der Waals surface area (Å²) in [5.41, 5.74) is 1.55. The molecule has 6 heteroatoms. The highest BCUT2D eigenvalue weighted by atomic mass is 32.1. The van der Waals surface area contributed by atoms with E-state index in [9.17, 15) is 4.79 Å². The highest BCUT2D eigenvalue weighted by Gasteiger charge is 2.22. The van der Waals surface area contributed by atoms with Gasteiger partial charge in [-0.1, -0.05) is 0 Å². The normalized spacial score (nSPS) is 17.9. The zero-order chi connectivity index (χ0) is 15.6. The maximum atomic E-state index is 12.4. The minimum Gasteiger partial charge on any atom is -0.357 e. The molecule has 0 aliphatic carbocycles. The summed E-state index contributed by atoms with van der Waals surface area (Å²) in [6.07, 6.45) is 6.57. The first-order valence-corrected chi connectivity index (χ1v) is 9.15. The van der Waals surface area contributed by atoms with Gasteiger partial charge >= 0.3 is 0 Å². The van der Waals surface area contributed by atoms with Crippen molar-refractivity contribution in [3.63, 3.8) is 0 Å². The third-order valence-corrected chi connectivity index (χ3v) is 5.43. The Morgan fingerprint density at radius 3 is 2.48 bits per heavy atom. The number of hydrogen-bond donors (Lipinski definition) is 0. The molecule has 2 aromatic heterocycles. The predicted octanol–water partition coefficient (Wildman–Crippen LogP) is 3.04. The molecule has 120 valence electrons. The number of carbonyl (C=O) groups excluding carboxylic acids is 1. The topological polar surface area (TPSA) is 49.3 Å². The first-order valence-electron chi connectivity index (χ1n) is 8.27. The number of rotatable bonds is 3. The van der Waals surface area contributed by atoms with Gasteiger partial charge in [0.05, 0.1) is 0 Å². The Morgan fingerprint density at radius 1 is 1.04 bits per heavy atom. The molecule has 0 atom stereocenters. The van der Waals surface area contributed by atoms with E-state index < -0.39 is 0 Å². The summed E-state index contributed by atoms with van der Waals surface area (Å²) < 4.78 is 0. The molecule has 0 aromatic carbocycles. The maximum Gasteiger partial charge on any atom is 0.273 e. The molecule has 0 unspecified atom stereocenters. The number of anilines is 1. The molecule has 2 aliphatic heterocycles. The molecule has 2 saturated heterocycles. The third kappa shape index (κ3) is 2.95. The van der Waals surface area contributed by atoms with E-state index in [1.807, 2.05) is 16.5 Å². The van der Waals surface area contributed by atoms with Gasteiger partial charge in [0.15, 0.2) is 0 Å². The van der Waals surface area contributed by atoms with Crippen LogP contribution in [-0.2, 0) is 0 Å². The molecule has 2 aromatic rings. The fraction of sp³-hybridized carbons (Fsp3) is 0.471. The van der Waals surface area contributed by atoms with Crippen LogP contribution in [0.2, 0.25) is 0 Å². The Labute approximate surface area is 140 Å². The maximum absolute atomic E-state index is 12.4. The van der Waals surface area contributed by atoms with Crippen molar-refractivity contribution in [3.8, 4) is 10.6 Å². The number of nitrogens with zero attached hydrogens (tertiary/aromatic N) is 4. The van der Waals surface area contributed by atoms with Crippen molar-refractivity contribution in [2.75, 3.05) is 31.1 Å². The quantitative estimate of drug-likeness (QED) is 0.869. The van der Waals surface area contributed by atoms with E-state index in [4.69, 9.17) is 0 Å². The van der Waals surface area contributed by atoms with E-state index in [1.54, 1.807) is 0 Å². The fourth-order valence-electron chi connectivity index (χ4n) is 3.23. The second kappa shape index (κ2) is 6.28. The van der Waals surface area contributed by atoms with Gasteiger partial charge in [-0.3, -0.25) is 4.79 Å². The van der Waals surface area contributed by atoms with Gasteiger partial charge in [0.2, 0.25) is 0 Å². The van der Waals surface area contributed by atoms with Crippen LogP contribution in [0.1, 0.15) is 36.2 Å². The van der Waals surface area contributed by atoms with E-state index in [0.717, 1.165) is 55.4 Å². The largest absolute Gasteiger partial charge is 0.357 e. The van der Waals surface area contributed by atoms with Crippen molar-refractivity contribution in [1.29, 1.82) is 0 Å². The summed E-state index contributed by atoms with van der Waals surface area (Å²) in [5, 5.41) is 2.73. The Balaban J connectivity index is 1.50. The Kier molecular flexibility index (Phi) is 3.99. The molecule has 2 fully saturated rings. The van der Waals surface area contributed by atoms with Crippen LogP contribution in [0.3, 0.4) is 0 Å². The lowest BCUT2D eigenvalue weighted by atomic mass is 10.3. The Hall–Kier alpha value is -1.95. The summed E-state index contributed by atoms with van der Waals surface area (Å²) in [7, 11) is 0. The smallest absolute Gasteiger partial charge is 0.273 e. The Morgan fingerprint density at radius 2 is 1.78 bits per heavy atom. The molecule has 23 heavy (non-hydrogen) atoms. The average Bonchev–Trinajstić information content (AvgIpc) is 3.36. The van der Waals surface area contributed by atoms with Crippen LogP contribution in [0.4, 0.5) is 5.82 Å². The first kappa shape index (κ1) is 14.6. The van der Waals surface area contributed by atoms with Crippen LogP contribution >= 0.6 is 11.3 Å². The summed E-state index contributed by atoms with van der Waals surface area (Å²) >= 11 is 1.52. The van der Waals surface area contributed by atoms with Crippen LogP contribution in [0, 0.1) is 0 Å². The molecule has 1 amide bonds. The number of thiazole rings is 1. The van der Waals surface area contributed by atoms with Crippen LogP contribution in [0.25, 0.3) is 10.6 Å². The number of hydrogen-bond acceptors (Lipinski definition) is 5. The van der Waals surface area contributed by atoms with Crippen molar-refractivity contribution in [2.24, 2.45) is 0 Å². The van der Waals surface area contributed by atoms with Crippen LogP contribution in [0.15, 0.2) is 23.7 Å². The SMILES string of the molecule is O=C(c1csc(-c2ccc(N3CCCC3)nc2)n1)N1CCCC1. The molecule has 5 nitrogen and oxygen atoms in total. The number of pyridine rings is 1. The molecular weight excluding hydrogens is 308 g/mol. The Bertz CT molecular complexity index is 685. The van der Waals surface area contributed by atoms with Gasteiger partial charge < -0.3 is 9.80 Å². The lowest BCUT2D eigenvalue weighted by Gasteiger charge is -2.15. The molecule has 2 aliphatic rings. The monoisotopic (exact) mass is 328 g/mol. The molecule has 0 bridgehead atoms. The van der Waals surface area contributed by atoms with E-state index in [-0.39, 0.29) is 5.91 Å². The number of aromatic nitrogens is 2. The summed E-state index contributed by atoms with van der Waals surface area (Å²) in [6.45, 7) is 3.91. The minimum absolute atomic E-state index is 0.0617. The molecular formula is C17H20N4OS. The number of carbonyl (C=O) groups is 1. The fourth-order valence-corrected chi connectivity index (χ4v) is 4.02. The standard InChI is InChI=1S/C17H20N4OS/c22-17(21-9-3-4-10-21)14-12-23-16(19-14)13-5-6-15(18-11-13)20-7-1-2-8-20/h5-6,11-12H,1-4,7-10H2. The van der Waals surface area contributed by atoms with Crippen LogP contribution < -0.4 is 4.90 Å². The van der Waals surface area contributed by atoms with Crippen LogP contribution in [0.5, 0.6) is 0 Å². The molecule has 4 heterocycles. The highest BCUT2D eigenvalue weighted by molar-refractivity contribution is 7.13. The number of amides is 1. The van der Waals surface area contributed by atoms with Crippen molar-refractivity contribution >= 4 is 23.1 Å². The van der Waals surface area contributed by atoms with E-state index in [2.05, 4.69) is 27.0 Å². The average molecular weight is 328 g/mol. The summed E-state index contributed by atoms with van der Waals surface area (Å²) in [5.74, 6) is 1.10. The van der Waals surface area contributed by atoms with E-state index >= 15 is 0 Å². The number of likely N-dealkylation sites (tertiary alicyclic amines) is 1. The van der Waals surface area contributed by atoms with Crippen LogP contribution in [-0.4, -0.2) is 47.0 Å². The van der Waals surface area contributed by atoms with Crippen molar-refractivity contribution in [3.05, 3.63) is 29.4 Å². The zero-order valence-corrected chi connectivity index (χ0v) is 13.9. The van der Waals surface area contributed by atoms with Gasteiger partial charge in [0, 0.05) is 43.3 Å². The van der Waals surface area contributed by atoms with Gasteiger partial charge in [-0.05, 0) is 37.8 Å². The first-order chi connectivity index (χ1) is 11.3. The summed E-state index contributed by atoms with van der Waals surface area (Å²) in [6, 6.07) is 4.12. The molecule has 0 saturated carbocycles. The van der Waals surface area contributed by atoms with Gasteiger partial charge in [-0.2, -0.15) is 0 Å². The van der Waals surface area contributed by atoms with Gasteiger partial charge in [0.1, 0.15) is 16.5 Å². The lowest BCUT2D eigenvalue weighted by molar-refractivity contribution is 0.0788. The molecule has 0 spiro atoms. The van der Waals surface area contributed by atoms with E-state index in [0.29, 0.717) is 5.69 Å². The second-order valence-corrected chi connectivity index (χ2v) is 6.99. The second-order valence-electron chi connectivity index (χ2n) is 6.14. The van der Waals surface area contributed by atoms with Crippen molar-refractivity contribution < 1.29 is 4.79 Å². The van der Waals surface area contributed by atoms with E-state index in [1.165, 1.54) is 24.2 Å². The lowest BCUT2D eigenvalue weighted by Crippen LogP contribution is -2.27. The van der Waals surface area contributed by atoms with Gasteiger partial charge in [-0.25, -0.2) is 9.97 Å². The highest BCUT2D eigenvalue weighted by Crippen LogP contribution is 2.26. The molecule has 4 rings (SSSR count).